The largest absolute Gasteiger partial charge is 0.505 e. The van der Waals surface area contributed by atoms with Gasteiger partial charge in [0.25, 0.3) is 0 Å². The van der Waals surface area contributed by atoms with Crippen molar-refractivity contribution in [1.29, 1.82) is 0 Å². The number of azo groups is 2. The summed E-state index contributed by atoms with van der Waals surface area (Å²) in [5, 5.41) is 47.7. The van der Waals surface area contributed by atoms with Crippen molar-refractivity contribution in [2.45, 2.75) is 4.90 Å². The van der Waals surface area contributed by atoms with Crippen molar-refractivity contribution in [3.05, 3.63) is 90.0 Å². The van der Waals surface area contributed by atoms with Crippen molar-refractivity contribution in [2.24, 2.45) is 20.5 Å². The fourth-order valence-corrected chi connectivity index (χ4v) is 4.92. The second-order valence-corrected chi connectivity index (χ2v) is 10.5. The zero-order valence-electron chi connectivity index (χ0n) is 21.3. The van der Waals surface area contributed by atoms with E-state index in [1.54, 1.807) is 42.5 Å². The third kappa shape index (κ3) is 5.59. The Labute approximate surface area is 238 Å². The molecule has 42 heavy (non-hydrogen) atoms. The molecule has 0 aliphatic heterocycles. The second-order valence-electron chi connectivity index (χ2n) is 9.00. The van der Waals surface area contributed by atoms with Gasteiger partial charge < -0.3 is 34.7 Å². The number of carboxylic acids is 2. The lowest BCUT2D eigenvalue weighted by atomic mass is 10.1. The summed E-state index contributed by atoms with van der Waals surface area (Å²) in [7, 11) is -4.31. The molecule has 0 amide bonds. The minimum Gasteiger partial charge on any atom is -0.505 e. The van der Waals surface area contributed by atoms with Crippen molar-refractivity contribution in [3.8, 4) is 5.75 Å². The Hall–Kier alpha value is -5.41. The van der Waals surface area contributed by atoms with Gasteiger partial charge in [0.05, 0.1) is 33.1 Å². The van der Waals surface area contributed by atoms with E-state index in [9.17, 15) is 38.6 Å². The lowest BCUT2D eigenvalue weighted by Gasteiger charge is -2.22. The minimum absolute atomic E-state index is 0.0167. The van der Waals surface area contributed by atoms with E-state index in [-0.39, 0.29) is 33.6 Å². The number of nitrogens with two attached hydrogens (primary N) is 1. The fraction of sp³-hybridized carbons (Fsp3) is 0. The molecule has 212 valence electrons. The van der Waals surface area contributed by atoms with Crippen LogP contribution >= 0.6 is 10.9 Å². The third-order valence-electron chi connectivity index (χ3n) is 6.19. The van der Waals surface area contributed by atoms with Crippen molar-refractivity contribution in [3.63, 3.8) is 0 Å². The van der Waals surface area contributed by atoms with Gasteiger partial charge in [-0.25, -0.2) is 9.59 Å². The SMILES string of the molecule is Nc1ccc2cc(S(O)(O)O)c(N=Nc3ccc(N=Nc4cc(C(=O)O)cc(C(=O)O)c4)c4ccccc34)c(O)c2c1. The number of aromatic hydroxyl groups is 1. The molecule has 0 aliphatic rings. The molecule has 8 N–H and O–H groups in total. The van der Waals surface area contributed by atoms with Crippen LogP contribution in [0.15, 0.2) is 104 Å². The molecule has 5 rings (SSSR count). The highest BCUT2D eigenvalue weighted by Gasteiger charge is 2.25. The van der Waals surface area contributed by atoms with E-state index in [2.05, 4.69) is 20.5 Å². The maximum absolute atomic E-state index is 11.4. The van der Waals surface area contributed by atoms with Gasteiger partial charge in [-0.2, -0.15) is 5.11 Å². The molecular formula is C28H21N5O8S. The molecule has 0 aliphatic carbocycles. The molecule has 0 aromatic heterocycles. The highest BCUT2D eigenvalue weighted by Crippen LogP contribution is 2.54. The number of anilines is 1. The van der Waals surface area contributed by atoms with Gasteiger partial charge in [-0.3, -0.25) is 0 Å². The van der Waals surface area contributed by atoms with Crippen LogP contribution in [-0.4, -0.2) is 40.9 Å². The van der Waals surface area contributed by atoms with Gasteiger partial charge in [0.2, 0.25) is 0 Å². The van der Waals surface area contributed by atoms with Crippen LogP contribution < -0.4 is 5.73 Å². The minimum atomic E-state index is -4.31. The molecule has 0 saturated heterocycles. The number of rotatable bonds is 7. The third-order valence-corrected chi connectivity index (χ3v) is 7.09. The number of hydrogen-bond donors (Lipinski definition) is 7. The number of phenolic OH excluding ortho intramolecular Hbond substituents is 1. The first kappa shape index (κ1) is 28.1. The van der Waals surface area contributed by atoms with Crippen LogP contribution in [-0.2, 0) is 0 Å². The molecule has 0 fully saturated rings. The van der Waals surface area contributed by atoms with Crippen LogP contribution in [0, 0.1) is 0 Å². The standard InChI is InChI=1S/C28H21N5O8S/c29-17-6-5-14-12-24(42(39,40)41)25(26(34)21(14)13-17)33-32-23-8-7-22(19-3-1-2-4-20(19)23)31-30-18-10-15(27(35)36)9-16(11-18)28(37)38/h1-13,34,39-41H,29H2,(H,35,36)(H,37,38). The summed E-state index contributed by atoms with van der Waals surface area (Å²) in [6.07, 6.45) is 0. The van der Waals surface area contributed by atoms with Crippen LogP contribution in [0.2, 0.25) is 0 Å². The van der Waals surface area contributed by atoms with Crippen molar-refractivity contribution >= 4 is 72.8 Å². The second kappa shape index (κ2) is 10.9. The molecule has 5 aromatic carbocycles. The van der Waals surface area contributed by atoms with Gasteiger partial charge in [0.1, 0.15) is 16.6 Å². The summed E-state index contributed by atoms with van der Waals surface area (Å²) in [5.74, 6) is -3.10. The normalized spacial score (nSPS) is 12.5. The van der Waals surface area contributed by atoms with Crippen molar-refractivity contribution in [1.82, 2.24) is 0 Å². The zero-order chi connectivity index (χ0) is 30.2. The van der Waals surface area contributed by atoms with E-state index in [4.69, 9.17) is 5.73 Å². The van der Waals surface area contributed by atoms with Crippen molar-refractivity contribution in [2.75, 3.05) is 5.73 Å². The molecule has 0 heterocycles. The number of benzene rings is 5. The summed E-state index contributed by atoms with van der Waals surface area (Å²) < 4.78 is 30.1. The summed E-state index contributed by atoms with van der Waals surface area (Å²) in [6.45, 7) is 0. The number of carboxylic acid groups (broad SMARTS) is 2. The number of fused-ring (bicyclic) bond motifs is 2. The van der Waals surface area contributed by atoms with E-state index < -0.39 is 33.5 Å². The van der Waals surface area contributed by atoms with Crippen LogP contribution in [0.5, 0.6) is 5.75 Å². The quantitative estimate of drug-likeness (QED) is 0.0718. The first-order chi connectivity index (χ1) is 19.9. The monoisotopic (exact) mass is 587 g/mol. The summed E-state index contributed by atoms with van der Waals surface area (Å²) in [6, 6.07) is 19.2. The van der Waals surface area contributed by atoms with Gasteiger partial charge in [-0.15, -0.1) is 15.3 Å². The molecule has 14 heteroatoms. The summed E-state index contributed by atoms with van der Waals surface area (Å²) in [4.78, 5) is 22.4. The maximum Gasteiger partial charge on any atom is 0.335 e. The topological polar surface area (TPSA) is 231 Å². The number of nitrogen functional groups attached to an aromatic ring is 1. The number of carbonyl (C=O) groups is 2. The zero-order valence-corrected chi connectivity index (χ0v) is 22.1. The van der Waals surface area contributed by atoms with Crippen LogP contribution in [0.1, 0.15) is 20.7 Å². The maximum atomic E-state index is 11.4. The Morgan fingerprint density at radius 2 is 1.24 bits per heavy atom. The smallest absolute Gasteiger partial charge is 0.335 e. The molecule has 0 bridgehead atoms. The van der Waals surface area contributed by atoms with Gasteiger partial charge in [-0.05, 0) is 53.9 Å². The summed E-state index contributed by atoms with van der Waals surface area (Å²) >= 11 is 0. The van der Waals surface area contributed by atoms with E-state index in [0.717, 1.165) is 6.07 Å². The lowest BCUT2D eigenvalue weighted by molar-refractivity contribution is 0.0696. The molecule has 0 atom stereocenters. The first-order valence-corrected chi connectivity index (χ1v) is 13.5. The Morgan fingerprint density at radius 1 is 0.667 bits per heavy atom. The van der Waals surface area contributed by atoms with E-state index >= 15 is 0 Å². The highest BCUT2D eigenvalue weighted by atomic mass is 32.3. The molecule has 13 nitrogen and oxygen atoms in total. The van der Waals surface area contributed by atoms with Crippen molar-refractivity contribution < 1.29 is 38.6 Å². The first-order valence-electron chi connectivity index (χ1n) is 11.9. The number of aromatic carboxylic acids is 2. The Morgan fingerprint density at radius 3 is 1.79 bits per heavy atom. The molecule has 0 unspecified atom stereocenters. The Kier molecular flexibility index (Phi) is 7.28. The van der Waals surface area contributed by atoms with E-state index in [1.807, 2.05) is 0 Å². The molecule has 0 saturated carbocycles. The van der Waals surface area contributed by atoms with E-state index in [1.165, 1.54) is 30.3 Å². The van der Waals surface area contributed by atoms with E-state index in [0.29, 0.717) is 27.5 Å². The average molecular weight is 588 g/mol. The van der Waals surface area contributed by atoms with Gasteiger partial charge in [0.15, 0.2) is 5.75 Å². The van der Waals surface area contributed by atoms with Crippen LogP contribution in [0.4, 0.5) is 28.4 Å². The molecule has 0 spiro atoms. The van der Waals surface area contributed by atoms with Gasteiger partial charge in [0, 0.05) is 21.8 Å². The number of phenols is 1. The van der Waals surface area contributed by atoms with Gasteiger partial charge in [-0.1, -0.05) is 30.3 Å². The van der Waals surface area contributed by atoms with Crippen LogP contribution in [0.25, 0.3) is 21.5 Å². The molecular weight excluding hydrogens is 566 g/mol. The highest BCUT2D eigenvalue weighted by molar-refractivity contribution is 8.19. The summed E-state index contributed by atoms with van der Waals surface area (Å²) in [5.41, 5.74) is 5.94. The average Bonchev–Trinajstić information content (AvgIpc) is 2.95. The fourth-order valence-electron chi connectivity index (χ4n) is 4.24. The van der Waals surface area contributed by atoms with Crippen LogP contribution in [0.3, 0.4) is 0 Å². The predicted molar refractivity (Wildman–Crippen MR) is 156 cm³/mol. The Balaban J connectivity index is 1.58. The molecule has 0 radical (unpaired) electrons. The predicted octanol–water partition coefficient (Wildman–Crippen LogP) is 8.09. The molecule has 5 aromatic rings. The lowest BCUT2D eigenvalue weighted by Crippen LogP contribution is -2.01. The number of nitrogens with zero attached hydrogens (tertiary/aromatic N) is 4. The Bertz CT molecular complexity index is 1940. The number of hydrogen-bond acceptors (Lipinski definition) is 11. The van der Waals surface area contributed by atoms with Gasteiger partial charge >= 0.3 is 11.9 Å².